The van der Waals surface area contributed by atoms with E-state index in [9.17, 15) is 4.79 Å². The van der Waals surface area contributed by atoms with Crippen molar-refractivity contribution in [3.05, 3.63) is 58.5 Å². The maximum absolute atomic E-state index is 15.6. The average Bonchev–Trinajstić information content (AvgIpc) is 3.51. The van der Waals surface area contributed by atoms with E-state index in [0.29, 0.717) is 48.8 Å². The molecule has 0 aliphatic carbocycles. The zero-order chi connectivity index (χ0) is 25.7. The molecule has 1 aliphatic rings. The van der Waals surface area contributed by atoms with Crippen molar-refractivity contribution in [2.24, 2.45) is 7.05 Å². The summed E-state index contributed by atoms with van der Waals surface area (Å²) in [5.41, 5.74) is 0.642. The number of H-pyrrole nitrogens is 2. The summed E-state index contributed by atoms with van der Waals surface area (Å²) in [6.07, 6.45) is 4.90. The van der Waals surface area contributed by atoms with Crippen LogP contribution in [0.1, 0.15) is 18.8 Å². The second-order valence-electron chi connectivity index (χ2n) is 8.84. The van der Waals surface area contributed by atoms with Gasteiger partial charge in [0.15, 0.2) is 11.6 Å². The third kappa shape index (κ3) is 3.96. The minimum atomic E-state index is -0.698. The molecule has 1 aliphatic heterocycles. The van der Waals surface area contributed by atoms with Gasteiger partial charge in [0.05, 0.1) is 36.1 Å². The first kappa shape index (κ1) is 23.0. The number of imidazole rings is 1. The normalized spacial score (nSPS) is 15.0. The van der Waals surface area contributed by atoms with Crippen molar-refractivity contribution in [2.75, 3.05) is 36.5 Å². The smallest absolute Gasteiger partial charge is 0.261 e. The summed E-state index contributed by atoms with van der Waals surface area (Å²) in [6, 6.07) is 2.42. The van der Waals surface area contributed by atoms with Crippen molar-refractivity contribution in [1.29, 1.82) is 0 Å². The molecule has 1 unspecified atom stereocenters. The van der Waals surface area contributed by atoms with E-state index in [2.05, 4.69) is 35.3 Å². The maximum atomic E-state index is 15.6. The van der Waals surface area contributed by atoms with Crippen LogP contribution < -0.4 is 15.8 Å². The molecule has 0 saturated carbocycles. The van der Waals surface area contributed by atoms with Crippen molar-refractivity contribution in [3.63, 3.8) is 0 Å². The van der Waals surface area contributed by atoms with Crippen molar-refractivity contribution in [2.45, 2.75) is 13.0 Å². The van der Waals surface area contributed by atoms with Gasteiger partial charge < -0.3 is 24.9 Å². The minimum absolute atomic E-state index is 0.00408. The van der Waals surface area contributed by atoms with Gasteiger partial charge in [0.1, 0.15) is 33.8 Å². The predicted octanol–water partition coefficient (Wildman–Crippen LogP) is 2.88. The molecule has 0 amide bonds. The number of fused-ring (bicyclic) bond motifs is 2. The fourth-order valence-electron chi connectivity index (χ4n) is 4.60. The number of aryl methyl sites for hydroxylation is 1. The summed E-state index contributed by atoms with van der Waals surface area (Å²) in [5, 5.41) is 7.75. The number of halogens is 2. The van der Waals surface area contributed by atoms with Crippen LogP contribution in [0.25, 0.3) is 33.5 Å². The highest BCUT2D eigenvalue weighted by Gasteiger charge is 2.26. The number of hydrogen-bond donors (Lipinski definition) is 3. The predicted molar refractivity (Wildman–Crippen MR) is 133 cm³/mol. The van der Waals surface area contributed by atoms with Gasteiger partial charge in [-0.1, -0.05) is 0 Å². The van der Waals surface area contributed by atoms with Gasteiger partial charge in [-0.3, -0.25) is 9.48 Å². The summed E-state index contributed by atoms with van der Waals surface area (Å²) < 4.78 is 37.6. The zero-order valence-corrected chi connectivity index (χ0v) is 20.0. The van der Waals surface area contributed by atoms with Crippen LogP contribution >= 0.6 is 0 Å². The molecule has 1 saturated heterocycles. The van der Waals surface area contributed by atoms with Crippen molar-refractivity contribution < 1.29 is 13.5 Å². The van der Waals surface area contributed by atoms with Crippen LogP contribution in [0.5, 0.6) is 0 Å². The Morgan fingerprint density at radius 1 is 1.14 bits per heavy atom. The van der Waals surface area contributed by atoms with Crippen molar-refractivity contribution >= 4 is 33.4 Å². The molecule has 5 heterocycles. The molecular weight excluding hydrogens is 484 g/mol. The Labute approximate surface area is 208 Å². The number of pyridine rings is 1. The topological polar surface area (TPSA) is 130 Å². The van der Waals surface area contributed by atoms with Crippen LogP contribution in [-0.2, 0) is 11.8 Å². The average molecular weight is 508 g/mol. The fraction of sp³-hybridized carbons (Fsp3) is 0.292. The van der Waals surface area contributed by atoms with Gasteiger partial charge in [0.25, 0.3) is 5.56 Å². The highest BCUT2D eigenvalue weighted by molar-refractivity contribution is 5.97. The largest absolute Gasteiger partial charge is 0.378 e. The minimum Gasteiger partial charge on any atom is -0.378 e. The fourth-order valence-corrected chi connectivity index (χ4v) is 4.60. The molecule has 37 heavy (non-hydrogen) atoms. The number of aromatic nitrogens is 7. The van der Waals surface area contributed by atoms with Crippen LogP contribution in [0, 0.1) is 11.6 Å². The number of morpholine rings is 1. The molecule has 6 rings (SSSR count). The molecular formula is C24H23F2N9O2. The number of nitrogens with one attached hydrogen (secondary N) is 3. The molecule has 1 aromatic carbocycles. The van der Waals surface area contributed by atoms with Crippen LogP contribution in [0.15, 0.2) is 35.5 Å². The van der Waals surface area contributed by atoms with Crippen molar-refractivity contribution in [3.8, 4) is 11.4 Å². The quantitative estimate of drug-likeness (QED) is 0.331. The van der Waals surface area contributed by atoms with E-state index in [1.165, 1.54) is 0 Å². The van der Waals surface area contributed by atoms with E-state index < -0.39 is 23.2 Å². The van der Waals surface area contributed by atoms with Gasteiger partial charge in [-0.05, 0) is 13.0 Å². The molecule has 0 spiro atoms. The van der Waals surface area contributed by atoms with Gasteiger partial charge in [-0.15, -0.1) is 0 Å². The number of hydrogen-bond acceptors (Lipinski definition) is 8. The standard InChI is InChI=1S/C24H23F2N9O2/c1-12(22-27-4-3-5-28-22)29-20-16(24(36)30-14-11-34(2)33-19(14)20)23-31-18-13(25)10-15(17(26)21(18)32-23)35-6-8-37-9-7-35/h3-5,10-12,29H,6-9H2,1-2H3,(H,30,36)(H,31,32). The third-order valence-corrected chi connectivity index (χ3v) is 6.35. The molecule has 0 radical (unpaired) electrons. The Kier molecular flexibility index (Phi) is 5.56. The van der Waals surface area contributed by atoms with E-state index >= 15 is 8.78 Å². The molecule has 0 bridgehead atoms. The molecule has 4 aromatic heterocycles. The maximum Gasteiger partial charge on any atom is 0.261 e. The lowest BCUT2D eigenvalue weighted by atomic mass is 10.1. The first-order chi connectivity index (χ1) is 17.9. The number of anilines is 2. The molecule has 190 valence electrons. The van der Waals surface area contributed by atoms with Gasteiger partial charge in [0.2, 0.25) is 0 Å². The summed E-state index contributed by atoms with van der Waals surface area (Å²) >= 11 is 0. The lowest BCUT2D eigenvalue weighted by Crippen LogP contribution is -2.36. The van der Waals surface area contributed by atoms with Gasteiger partial charge in [-0.2, -0.15) is 5.10 Å². The van der Waals surface area contributed by atoms with E-state index in [1.54, 1.807) is 41.3 Å². The van der Waals surface area contributed by atoms with E-state index in [-0.39, 0.29) is 28.1 Å². The molecule has 3 N–H and O–H groups in total. The Balaban J connectivity index is 1.53. The summed E-state index contributed by atoms with van der Waals surface area (Å²) in [6.45, 7) is 3.55. The number of rotatable bonds is 5. The first-order valence-electron chi connectivity index (χ1n) is 11.7. The Hall–Kier alpha value is -4.39. The first-order valence-corrected chi connectivity index (χ1v) is 11.7. The lowest BCUT2D eigenvalue weighted by Gasteiger charge is -2.29. The van der Waals surface area contributed by atoms with Crippen LogP contribution in [0.4, 0.5) is 20.2 Å². The Morgan fingerprint density at radius 2 is 1.89 bits per heavy atom. The highest BCUT2D eigenvalue weighted by atomic mass is 19.1. The van der Waals surface area contributed by atoms with Crippen LogP contribution in [0.2, 0.25) is 0 Å². The Morgan fingerprint density at radius 3 is 2.65 bits per heavy atom. The van der Waals surface area contributed by atoms with Gasteiger partial charge in [0, 0.05) is 44.8 Å². The summed E-state index contributed by atoms with van der Waals surface area (Å²) in [7, 11) is 1.73. The molecule has 1 fully saturated rings. The number of benzene rings is 1. The molecule has 1 atom stereocenters. The summed E-state index contributed by atoms with van der Waals surface area (Å²) in [4.78, 5) is 33.5. The molecule has 13 heteroatoms. The lowest BCUT2D eigenvalue weighted by molar-refractivity contribution is 0.122. The SMILES string of the molecule is CC(Nc1c(-c2nc3c(F)cc(N4CCOCC4)c(F)c3[nH]2)c(=O)[nH]c2cn(C)nc12)c1ncccn1. The van der Waals surface area contributed by atoms with Crippen LogP contribution in [0.3, 0.4) is 0 Å². The number of nitrogens with zero attached hydrogens (tertiary/aromatic N) is 6. The molecule has 11 nitrogen and oxygen atoms in total. The van der Waals surface area contributed by atoms with Crippen molar-refractivity contribution in [1.82, 2.24) is 34.7 Å². The summed E-state index contributed by atoms with van der Waals surface area (Å²) in [5.74, 6) is -0.844. The second kappa shape index (κ2) is 8.92. The third-order valence-electron chi connectivity index (χ3n) is 6.35. The van der Waals surface area contributed by atoms with Crippen LogP contribution in [-0.4, -0.2) is 61.0 Å². The monoisotopic (exact) mass is 507 g/mol. The number of aromatic amines is 2. The van der Waals surface area contributed by atoms with E-state index in [0.717, 1.165) is 6.07 Å². The van der Waals surface area contributed by atoms with E-state index in [1.807, 2.05) is 6.92 Å². The Bertz CT molecular complexity index is 1670. The molecule has 5 aromatic rings. The zero-order valence-electron chi connectivity index (χ0n) is 20.0. The van der Waals surface area contributed by atoms with Gasteiger partial charge >= 0.3 is 0 Å². The number of ether oxygens (including phenoxy) is 1. The van der Waals surface area contributed by atoms with E-state index in [4.69, 9.17) is 4.74 Å². The highest BCUT2D eigenvalue weighted by Crippen LogP contribution is 2.35. The van der Waals surface area contributed by atoms with Gasteiger partial charge in [-0.25, -0.2) is 23.7 Å². The second-order valence-corrected chi connectivity index (χ2v) is 8.84.